The lowest BCUT2D eigenvalue weighted by Gasteiger charge is -2.10. The molecular formula is C20H14Cl2FNO2. The predicted octanol–water partition coefficient (Wildman–Crippen LogP) is 5.96. The first-order chi connectivity index (χ1) is 12.5. The van der Waals surface area contributed by atoms with Gasteiger partial charge in [-0.25, -0.2) is 4.39 Å². The second-order valence-corrected chi connectivity index (χ2v) is 6.31. The SMILES string of the molecule is O=C(Nc1ccccc1F)c1cccc(OCc2ccc(Cl)c(Cl)c2)c1. The lowest BCUT2D eigenvalue weighted by Crippen LogP contribution is -2.13. The molecule has 1 amide bonds. The summed E-state index contributed by atoms with van der Waals surface area (Å²) in [5.74, 6) is -0.403. The van der Waals surface area contributed by atoms with Gasteiger partial charge in [0.15, 0.2) is 0 Å². The zero-order valence-corrected chi connectivity index (χ0v) is 15.0. The van der Waals surface area contributed by atoms with Crippen molar-refractivity contribution in [2.45, 2.75) is 6.61 Å². The Kier molecular flexibility index (Phi) is 5.76. The van der Waals surface area contributed by atoms with Crippen LogP contribution in [0.3, 0.4) is 0 Å². The fraction of sp³-hybridized carbons (Fsp3) is 0.0500. The van der Waals surface area contributed by atoms with Gasteiger partial charge in [-0.1, -0.05) is 47.5 Å². The summed E-state index contributed by atoms with van der Waals surface area (Å²) in [6.45, 7) is 0.273. The van der Waals surface area contributed by atoms with Gasteiger partial charge in [0.05, 0.1) is 15.7 Å². The number of rotatable bonds is 5. The third kappa shape index (κ3) is 4.54. The predicted molar refractivity (Wildman–Crippen MR) is 102 cm³/mol. The van der Waals surface area contributed by atoms with Gasteiger partial charge in [0.2, 0.25) is 0 Å². The van der Waals surface area contributed by atoms with Gasteiger partial charge in [0, 0.05) is 5.56 Å². The molecule has 0 radical (unpaired) electrons. The van der Waals surface area contributed by atoms with E-state index < -0.39 is 11.7 Å². The topological polar surface area (TPSA) is 38.3 Å². The molecule has 0 aliphatic heterocycles. The second kappa shape index (κ2) is 8.21. The number of nitrogens with one attached hydrogen (secondary N) is 1. The van der Waals surface area contributed by atoms with E-state index in [4.69, 9.17) is 27.9 Å². The van der Waals surface area contributed by atoms with Crippen molar-refractivity contribution in [3.63, 3.8) is 0 Å². The zero-order valence-electron chi connectivity index (χ0n) is 13.5. The van der Waals surface area contributed by atoms with E-state index in [0.29, 0.717) is 21.4 Å². The number of ether oxygens (including phenoxy) is 1. The molecule has 6 heteroatoms. The molecule has 0 saturated heterocycles. The maximum Gasteiger partial charge on any atom is 0.255 e. The Balaban J connectivity index is 1.68. The van der Waals surface area contributed by atoms with Crippen LogP contribution < -0.4 is 10.1 Å². The number of hydrogen-bond acceptors (Lipinski definition) is 2. The Labute approximate surface area is 160 Å². The van der Waals surface area contributed by atoms with Crippen LogP contribution in [-0.2, 0) is 6.61 Å². The number of benzene rings is 3. The molecule has 3 nitrogen and oxygen atoms in total. The summed E-state index contributed by atoms with van der Waals surface area (Å²) in [4.78, 5) is 12.3. The van der Waals surface area contributed by atoms with Gasteiger partial charge < -0.3 is 10.1 Å². The van der Waals surface area contributed by atoms with Gasteiger partial charge in [0.25, 0.3) is 5.91 Å². The number of anilines is 1. The maximum absolute atomic E-state index is 13.7. The molecule has 0 unspecified atom stereocenters. The molecule has 0 aromatic heterocycles. The highest BCUT2D eigenvalue weighted by molar-refractivity contribution is 6.42. The fourth-order valence-corrected chi connectivity index (χ4v) is 2.60. The molecule has 1 N–H and O–H groups in total. The standard InChI is InChI=1S/C20H14Cl2FNO2/c21-16-9-8-13(10-17(16)22)12-26-15-5-3-4-14(11-15)20(25)24-19-7-2-1-6-18(19)23/h1-11H,12H2,(H,24,25). The van der Waals surface area contributed by atoms with E-state index in [2.05, 4.69) is 5.32 Å². The van der Waals surface area contributed by atoms with Gasteiger partial charge in [-0.2, -0.15) is 0 Å². The minimum Gasteiger partial charge on any atom is -0.489 e. The van der Waals surface area contributed by atoms with Crippen molar-refractivity contribution < 1.29 is 13.9 Å². The third-order valence-electron chi connectivity index (χ3n) is 3.61. The first-order valence-corrected chi connectivity index (χ1v) is 8.51. The number of halogens is 3. The van der Waals surface area contributed by atoms with Gasteiger partial charge in [-0.05, 0) is 48.0 Å². The normalized spacial score (nSPS) is 10.4. The number of carbonyl (C=O) groups is 1. The number of hydrogen-bond donors (Lipinski definition) is 1. The van der Waals surface area contributed by atoms with E-state index in [0.717, 1.165) is 5.56 Å². The molecule has 0 bridgehead atoms. The Bertz CT molecular complexity index is 947. The van der Waals surface area contributed by atoms with Crippen molar-refractivity contribution in [1.82, 2.24) is 0 Å². The van der Waals surface area contributed by atoms with Gasteiger partial charge >= 0.3 is 0 Å². The van der Waals surface area contributed by atoms with Gasteiger partial charge in [0.1, 0.15) is 18.2 Å². The molecular weight excluding hydrogens is 376 g/mol. The summed E-state index contributed by atoms with van der Waals surface area (Å²) in [5.41, 5.74) is 1.33. The lowest BCUT2D eigenvalue weighted by molar-refractivity contribution is 0.102. The van der Waals surface area contributed by atoms with Gasteiger partial charge in [-0.15, -0.1) is 0 Å². The van der Waals surface area contributed by atoms with E-state index in [1.807, 2.05) is 6.07 Å². The van der Waals surface area contributed by atoms with Gasteiger partial charge in [-0.3, -0.25) is 4.79 Å². The Morgan fingerprint density at radius 1 is 0.962 bits per heavy atom. The number of para-hydroxylation sites is 1. The summed E-state index contributed by atoms with van der Waals surface area (Å²) in [7, 11) is 0. The third-order valence-corrected chi connectivity index (χ3v) is 4.35. The van der Waals surface area contributed by atoms with Crippen LogP contribution in [-0.4, -0.2) is 5.91 Å². The highest BCUT2D eigenvalue weighted by Crippen LogP contribution is 2.24. The molecule has 0 fully saturated rings. The molecule has 26 heavy (non-hydrogen) atoms. The maximum atomic E-state index is 13.7. The van der Waals surface area contributed by atoms with Crippen LogP contribution in [0.1, 0.15) is 15.9 Å². The van der Waals surface area contributed by atoms with Crippen LogP contribution in [0.5, 0.6) is 5.75 Å². The molecule has 0 heterocycles. The monoisotopic (exact) mass is 389 g/mol. The van der Waals surface area contributed by atoms with E-state index in [-0.39, 0.29) is 12.3 Å². The number of amides is 1. The van der Waals surface area contributed by atoms with Crippen molar-refractivity contribution in [2.75, 3.05) is 5.32 Å². The molecule has 0 atom stereocenters. The molecule has 0 spiro atoms. The summed E-state index contributed by atoms with van der Waals surface area (Å²) >= 11 is 11.9. The largest absolute Gasteiger partial charge is 0.489 e. The fourth-order valence-electron chi connectivity index (χ4n) is 2.28. The van der Waals surface area contributed by atoms with Crippen molar-refractivity contribution in [3.8, 4) is 5.75 Å². The first-order valence-electron chi connectivity index (χ1n) is 7.75. The van der Waals surface area contributed by atoms with Crippen LogP contribution in [0.4, 0.5) is 10.1 Å². The van der Waals surface area contributed by atoms with E-state index >= 15 is 0 Å². The summed E-state index contributed by atoms with van der Waals surface area (Å²) in [6, 6.07) is 17.9. The highest BCUT2D eigenvalue weighted by Gasteiger charge is 2.10. The van der Waals surface area contributed by atoms with Crippen molar-refractivity contribution in [2.24, 2.45) is 0 Å². The van der Waals surface area contributed by atoms with Crippen LogP contribution in [0, 0.1) is 5.82 Å². The highest BCUT2D eigenvalue weighted by atomic mass is 35.5. The molecule has 0 aliphatic carbocycles. The van der Waals surface area contributed by atoms with Crippen LogP contribution in [0.25, 0.3) is 0 Å². The Hall–Kier alpha value is -2.56. The molecule has 3 rings (SSSR count). The smallest absolute Gasteiger partial charge is 0.255 e. The zero-order chi connectivity index (χ0) is 18.5. The average molecular weight is 390 g/mol. The minimum absolute atomic E-state index is 0.125. The van der Waals surface area contributed by atoms with E-state index in [1.165, 1.54) is 12.1 Å². The van der Waals surface area contributed by atoms with Crippen LogP contribution in [0.15, 0.2) is 66.7 Å². The quantitative estimate of drug-likeness (QED) is 0.584. The first kappa shape index (κ1) is 18.2. The van der Waals surface area contributed by atoms with Crippen molar-refractivity contribution in [1.29, 1.82) is 0 Å². The summed E-state index contributed by atoms with van der Waals surface area (Å²) < 4.78 is 19.4. The second-order valence-electron chi connectivity index (χ2n) is 5.50. The molecule has 0 saturated carbocycles. The van der Waals surface area contributed by atoms with E-state index in [9.17, 15) is 9.18 Å². The Morgan fingerprint density at radius 3 is 2.54 bits per heavy atom. The molecule has 0 aliphatic rings. The summed E-state index contributed by atoms with van der Waals surface area (Å²) in [5, 5.41) is 3.46. The minimum atomic E-state index is -0.493. The summed E-state index contributed by atoms with van der Waals surface area (Å²) in [6.07, 6.45) is 0. The average Bonchev–Trinajstić information content (AvgIpc) is 2.65. The van der Waals surface area contributed by atoms with Crippen LogP contribution >= 0.6 is 23.2 Å². The molecule has 132 valence electrons. The number of carbonyl (C=O) groups excluding carboxylic acids is 1. The molecule has 3 aromatic rings. The molecule has 3 aromatic carbocycles. The van der Waals surface area contributed by atoms with E-state index in [1.54, 1.807) is 48.5 Å². The van der Waals surface area contributed by atoms with Crippen molar-refractivity contribution in [3.05, 3.63) is 93.7 Å². The van der Waals surface area contributed by atoms with Crippen LogP contribution in [0.2, 0.25) is 10.0 Å². The lowest BCUT2D eigenvalue weighted by atomic mass is 10.2. The Morgan fingerprint density at radius 2 is 1.77 bits per heavy atom. The van der Waals surface area contributed by atoms with Crippen molar-refractivity contribution >= 4 is 34.8 Å².